The predicted octanol–water partition coefficient (Wildman–Crippen LogP) is 1.40. The van der Waals surface area contributed by atoms with Gasteiger partial charge in [0.05, 0.1) is 18.4 Å². The van der Waals surface area contributed by atoms with Crippen LogP contribution in [0.3, 0.4) is 0 Å². The molecule has 0 bridgehead atoms. The molecule has 4 nitrogen and oxygen atoms in total. The number of halogens is 3. The van der Waals surface area contributed by atoms with Crippen molar-refractivity contribution in [1.82, 2.24) is 4.98 Å². The molecule has 0 atom stereocenters. The minimum atomic E-state index is -3.01. The number of ether oxygens (including phenoxy) is 1. The van der Waals surface area contributed by atoms with E-state index in [4.69, 9.17) is 5.73 Å². The number of carbonyl (C=O) groups excluding carboxylic acids is 1. The van der Waals surface area contributed by atoms with Crippen LogP contribution >= 0.6 is 0 Å². The van der Waals surface area contributed by atoms with Crippen LogP contribution in [0.25, 0.3) is 0 Å². The normalized spacial score (nSPS) is 10.6. The number of methoxy groups -OCH3 is 1. The first-order chi connectivity index (χ1) is 7.51. The molecule has 0 aromatic carbocycles. The summed E-state index contributed by atoms with van der Waals surface area (Å²) in [6, 6.07) is 0.548. The molecule has 16 heavy (non-hydrogen) atoms. The predicted molar refractivity (Wildman–Crippen MR) is 48.4 cm³/mol. The Morgan fingerprint density at radius 1 is 1.62 bits per heavy atom. The minimum Gasteiger partial charge on any atom is -0.464 e. The summed E-state index contributed by atoms with van der Waals surface area (Å²) in [6.45, 7) is -0.292. The Balaban J connectivity index is 3.36. The van der Waals surface area contributed by atoms with Gasteiger partial charge < -0.3 is 10.5 Å². The van der Waals surface area contributed by atoms with Crippen LogP contribution in [0.4, 0.5) is 13.2 Å². The standard InChI is InChI=1S/C9H9F3N2O2/c1-16-9(15)7-4(8(11)12)2-5(10)6(3-13)14-7/h2,8H,3,13H2,1H3. The van der Waals surface area contributed by atoms with E-state index in [1.54, 1.807) is 0 Å². The Labute approximate surface area is 89.2 Å². The van der Waals surface area contributed by atoms with Crippen LogP contribution in [0.5, 0.6) is 0 Å². The van der Waals surface area contributed by atoms with E-state index in [0.29, 0.717) is 6.07 Å². The van der Waals surface area contributed by atoms with Crippen LogP contribution < -0.4 is 5.73 Å². The SMILES string of the molecule is COC(=O)c1nc(CN)c(F)cc1C(F)F. The molecule has 0 amide bonds. The van der Waals surface area contributed by atoms with Gasteiger partial charge >= 0.3 is 5.97 Å². The molecule has 2 N–H and O–H groups in total. The highest BCUT2D eigenvalue weighted by molar-refractivity contribution is 5.89. The second-order valence-electron chi connectivity index (χ2n) is 2.85. The molecular formula is C9H9F3N2O2. The largest absolute Gasteiger partial charge is 0.464 e. The first-order valence-corrected chi connectivity index (χ1v) is 4.27. The van der Waals surface area contributed by atoms with Gasteiger partial charge in [0.2, 0.25) is 0 Å². The molecule has 0 aliphatic heterocycles. The van der Waals surface area contributed by atoms with E-state index in [1.165, 1.54) is 0 Å². The number of nitrogens with two attached hydrogens (primary N) is 1. The highest BCUT2D eigenvalue weighted by Crippen LogP contribution is 2.24. The van der Waals surface area contributed by atoms with Crippen molar-refractivity contribution < 1.29 is 22.7 Å². The summed E-state index contributed by atoms with van der Waals surface area (Å²) >= 11 is 0. The van der Waals surface area contributed by atoms with E-state index in [-0.39, 0.29) is 12.2 Å². The Morgan fingerprint density at radius 3 is 2.69 bits per heavy atom. The lowest BCUT2D eigenvalue weighted by molar-refractivity contribution is 0.0581. The lowest BCUT2D eigenvalue weighted by Gasteiger charge is -2.08. The number of carbonyl (C=O) groups is 1. The molecule has 7 heteroatoms. The zero-order valence-electron chi connectivity index (χ0n) is 8.34. The fourth-order valence-corrected chi connectivity index (χ4v) is 1.11. The molecule has 88 valence electrons. The second-order valence-corrected chi connectivity index (χ2v) is 2.85. The van der Waals surface area contributed by atoms with Gasteiger partial charge in [-0.05, 0) is 6.07 Å². The van der Waals surface area contributed by atoms with Gasteiger partial charge in [0.15, 0.2) is 5.69 Å². The van der Waals surface area contributed by atoms with Gasteiger partial charge in [0, 0.05) is 6.54 Å². The first kappa shape index (κ1) is 12.4. The summed E-state index contributed by atoms with van der Waals surface area (Å²) in [5.41, 5.74) is 3.47. The van der Waals surface area contributed by atoms with Crippen molar-refractivity contribution in [2.75, 3.05) is 7.11 Å². The van der Waals surface area contributed by atoms with E-state index >= 15 is 0 Å². The maximum Gasteiger partial charge on any atom is 0.357 e. The highest BCUT2D eigenvalue weighted by atomic mass is 19.3. The van der Waals surface area contributed by atoms with Gasteiger partial charge in [0.25, 0.3) is 6.43 Å². The molecule has 0 saturated carbocycles. The molecule has 0 unspecified atom stereocenters. The number of rotatable bonds is 3. The summed E-state index contributed by atoms with van der Waals surface area (Å²) in [6.07, 6.45) is -3.01. The van der Waals surface area contributed by atoms with Crippen molar-refractivity contribution in [3.8, 4) is 0 Å². The van der Waals surface area contributed by atoms with Crippen LogP contribution in [-0.4, -0.2) is 18.1 Å². The van der Waals surface area contributed by atoms with Crippen LogP contribution in [0.2, 0.25) is 0 Å². The molecule has 1 rings (SSSR count). The third kappa shape index (κ3) is 2.30. The zero-order valence-corrected chi connectivity index (χ0v) is 8.34. The third-order valence-corrected chi connectivity index (χ3v) is 1.89. The Bertz CT molecular complexity index is 410. The molecule has 0 aliphatic rings. The fraction of sp³-hybridized carbons (Fsp3) is 0.333. The molecule has 0 saturated heterocycles. The lowest BCUT2D eigenvalue weighted by Crippen LogP contribution is -2.14. The van der Waals surface area contributed by atoms with Crippen molar-refractivity contribution in [2.45, 2.75) is 13.0 Å². The van der Waals surface area contributed by atoms with Crippen LogP contribution in [0.1, 0.15) is 28.2 Å². The molecule has 0 spiro atoms. The van der Waals surface area contributed by atoms with Gasteiger partial charge in [-0.25, -0.2) is 22.9 Å². The van der Waals surface area contributed by atoms with Crippen LogP contribution in [0, 0.1) is 5.82 Å². The molecule has 1 heterocycles. The lowest BCUT2D eigenvalue weighted by atomic mass is 10.1. The van der Waals surface area contributed by atoms with Gasteiger partial charge in [-0.2, -0.15) is 0 Å². The molecular weight excluding hydrogens is 225 g/mol. The molecule has 1 aromatic heterocycles. The van der Waals surface area contributed by atoms with E-state index in [9.17, 15) is 18.0 Å². The number of esters is 1. The van der Waals surface area contributed by atoms with Crippen LogP contribution in [0.15, 0.2) is 6.07 Å². The summed E-state index contributed by atoms with van der Waals surface area (Å²) in [4.78, 5) is 14.6. The fourth-order valence-electron chi connectivity index (χ4n) is 1.11. The van der Waals surface area contributed by atoms with E-state index in [1.807, 2.05) is 0 Å². The van der Waals surface area contributed by atoms with Crippen molar-refractivity contribution in [1.29, 1.82) is 0 Å². The van der Waals surface area contributed by atoms with E-state index in [2.05, 4.69) is 9.72 Å². The minimum absolute atomic E-state index is 0.259. The second kappa shape index (κ2) is 4.93. The number of pyridine rings is 1. The number of nitrogens with zero attached hydrogens (tertiary/aromatic N) is 1. The topological polar surface area (TPSA) is 65.2 Å². The van der Waals surface area contributed by atoms with Gasteiger partial charge in [-0.3, -0.25) is 0 Å². The third-order valence-electron chi connectivity index (χ3n) is 1.89. The van der Waals surface area contributed by atoms with Crippen molar-refractivity contribution in [2.24, 2.45) is 5.73 Å². The average Bonchev–Trinajstić information content (AvgIpc) is 2.27. The van der Waals surface area contributed by atoms with Crippen molar-refractivity contribution in [3.05, 3.63) is 28.8 Å². The van der Waals surface area contributed by atoms with Crippen molar-refractivity contribution in [3.63, 3.8) is 0 Å². The monoisotopic (exact) mass is 234 g/mol. The molecule has 1 aromatic rings. The summed E-state index contributed by atoms with van der Waals surface area (Å²) in [5, 5.41) is 0. The van der Waals surface area contributed by atoms with E-state index in [0.717, 1.165) is 7.11 Å². The van der Waals surface area contributed by atoms with Crippen LogP contribution in [-0.2, 0) is 11.3 Å². The number of hydrogen-bond acceptors (Lipinski definition) is 4. The average molecular weight is 234 g/mol. The first-order valence-electron chi connectivity index (χ1n) is 4.27. The quantitative estimate of drug-likeness (QED) is 0.803. The van der Waals surface area contributed by atoms with Crippen molar-refractivity contribution >= 4 is 5.97 Å². The number of hydrogen-bond donors (Lipinski definition) is 1. The molecule has 0 aliphatic carbocycles. The van der Waals surface area contributed by atoms with Gasteiger partial charge in [0.1, 0.15) is 5.82 Å². The smallest absolute Gasteiger partial charge is 0.357 e. The van der Waals surface area contributed by atoms with E-state index < -0.39 is 29.5 Å². The summed E-state index contributed by atoms with van der Waals surface area (Å²) in [7, 11) is 1.02. The molecule has 0 radical (unpaired) electrons. The summed E-state index contributed by atoms with van der Waals surface area (Å²) in [5.74, 6) is -2.02. The maximum atomic E-state index is 13.1. The summed E-state index contributed by atoms with van der Waals surface area (Å²) < 4.78 is 42.4. The van der Waals surface area contributed by atoms with Gasteiger partial charge in [-0.15, -0.1) is 0 Å². The Morgan fingerprint density at radius 2 is 2.25 bits per heavy atom. The Hall–Kier alpha value is -1.63. The molecule has 0 fully saturated rings. The zero-order chi connectivity index (χ0) is 12.3. The Kier molecular flexibility index (Phi) is 3.83. The number of alkyl halides is 2. The number of aromatic nitrogens is 1. The highest BCUT2D eigenvalue weighted by Gasteiger charge is 2.23. The maximum absolute atomic E-state index is 13.1. The van der Waals surface area contributed by atoms with Gasteiger partial charge in [-0.1, -0.05) is 0 Å².